The summed E-state index contributed by atoms with van der Waals surface area (Å²) in [5, 5.41) is 3.35. The first-order valence-electron chi connectivity index (χ1n) is 6.20. The maximum Gasteiger partial charge on any atom is 0.250 e. The summed E-state index contributed by atoms with van der Waals surface area (Å²) in [6, 6.07) is 6.04. The van der Waals surface area contributed by atoms with Crippen LogP contribution in [0.15, 0.2) is 22.7 Å². The second kappa shape index (κ2) is 5.71. The number of hydrogen-bond acceptors (Lipinski definition) is 3. The number of carbonyl (C=O) groups excluding carboxylic acids is 1. The summed E-state index contributed by atoms with van der Waals surface area (Å²) < 4.78 is 0.965. The van der Waals surface area contributed by atoms with Crippen LogP contribution in [0.1, 0.15) is 23.7 Å². The Morgan fingerprint density at radius 3 is 2.94 bits per heavy atom. The van der Waals surface area contributed by atoms with E-state index in [9.17, 15) is 4.79 Å². The van der Waals surface area contributed by atoms with Crippen molar-refractivity contribution in [1.29, 1.82) is 0 Å². The minimum absolute atomic E-state index is 0.373. The van der Waals surface area contributed by atoms with Crippen LogP contribution in [0.25, 0.3) is 0 Å². The molecule has 0 spiro atoms. The Labute approximate surface area is 116 Å². The molecule has 1 aromatic carbocycles. The second-order valence-electron chi connectivity index (χ2n) is 4.46. The Balaban J connectivity index is 2.39. The largest absolute Gasteiger partial charge is 0.367 e. The van der Waals surface area contributed by atoms with Crippen LogP contribution in [0.2, 0.25) is 0 Å². The molecule has 18 heavy (non-hydrogen) atoms. The lowest BCUT2D eigenvalue weighted by Gasteiger charge is -2.31. The number of hydrogen-bond donors (Lipinski definition) is 2. The maximum atomic E-state index is 11.5. The smallest absolute Gasteiger partial charge is 0.250 e. The number of primary amides is 1. The van der Waals surface area contributed by atoms with Crippen molar-refractivity contribution in [1.82, 2.24) is 5.32 Å². The van der Waals surface area contributed by atoms with Gasteiger partial charge < -0.3 is 16.0 Å². The minimum atomic E-state index is -0.373. The second-order valence-corrected chi connectivity index (χ2v) is 5.37. The normalized spacial score (nSPS) is 18.9. The number of anilines is 1. The Bertz CT molecular complexity index is 444. The fraction of sp³-hybridized carbons (Fsp3) is 0.462. The third-order valence-corrected chi connectivity index (χ3v) is 3.84. The van der Waals surface area contributed by atoms with Crippen LogP contribution in [0.3, 0.4) is 0 Å². The van der Waals surface area contributed by atoms with Gasteiger partial charge in [-0.2, -0.15) is 0 Å². The highest BCUT2D eigenvalue weighted by Gasteiger charge is 2.24. The number of halogens is 1. The summed E-state index contributed by atoms with van der Waals surface area (Å²) in [6.45, 7) is 4.95. The standard InChI is InChI=1S/C13H18BrN3O/c1-2-17(10-5-6-16-8-10)12-7-9(14)3-4-11(12)13(15)18/h3-4,7,10,16H,2,5-6,8H2,1H3,(H2,15,18). The molecule has 1 saturated heterocycles. The monoisotopic (exact) mass is 311 g/mol. The molecule has 4 nitrogen and oxygen atoms in total. The van der Waals surface area contributed by atoms with Gasteiger partial charge in [0.2, 0.25) is 0 Å². The van der Waals surface area contributed by atoms with Gasteiger partial charge in [0.05, 0.1) is 11.3 Å². The van der Waals surface area contributed by atoms with Crippen LogP contribution in [0.5, 0.6) is 0 Å². The van der Waals surface area contributed by atoms with Crippen molar-refractivity contribution >= 4 is 27.5 Å². The van der Waals surface area contributed by atoms with Gasteiger partial charge in [-0.05, 0) is 38.1 Å². The quantitative estimate of drug-likeness (QED) is 0.890. The number of likely N-dealkylation sites (N-methyl/N-ethyl adjacent to an activating group) is 1. The number of nitrogens with two attached hydrogens (primary N) is 1. The molecule has 1 aliphatic rings. The van der Waals surface area contributed by atoms with Gasteiger partial charge in [0.25, 0.3) is 5.91 Å². The first-order chi connectivity index (χ1) is 8.63. The van der Waals surface area contributed by atoms with Crippen molar-refractivity contribution in [3.8, 4) is 0 Å². The van der Waals surface area contributed by atoms with Gasteiger partial charge in [-0.3, -0.25) is 4.79 Å². The molecule has 1 heterocycles. The van der Waals surface area contributed by atoms with Crippen molar-refractivity contribution in [2.24, 2.45) is 5.73 Å². The van der Waals surface area contributed by atoms with Crippen molar-refractivity contribution < 1.29 is 4.79 Å². The molecule has 98 valence electrons. The van der Waals surface area contributed by atoms with Crippen LogP contribution >= 0.6 is 15.9 Å². The van der Waals surface area contributed by atoms with E-state index >= 15 is 0 Å². The van der Waals surface area contributed by atoms with E-state index in [1.165, 1.54) is 0 Å². The van der Waals surface area contributed by atoms with Crippen LogP contribution in [0.4, 0.5) is 5.69 Å². The van der Waals surface area contributed by atoms with Gasteiger partial charge in [0.1, 0.15) is 0 Å². The summed E-state index contributed by atoms with van der Waals surface area (Å²) in [4.78, 5) is 13.8. The molecule has 0 aromatic heterocycles. The van der Waals surface area contributed by atoms with E-state index < -0.39 is 0 Å². The molecule has 0 saturated carbocycles. The first-order valence-corrected chi connectivity index (χ1v) is 6.99. The molecule has 1 aliphatic heterocycles. The predicted molar refractivity (Wildman–Crippen MR) is 77.0 cm³/mol. The van der Waals surface area contributed by atoms with E-state index in [0.29, 0.717) is 11.6 Å². The van der Waals surface area contributed by atoms with Gasteiger partial charge >= 0.3 is 0 Å². The average molecular weight is 312 g/mol. The molecule has 1 unspecified atom stereocenters. The fourth-order valence-electron chi connectivity index (χ4n) is 2.48. The average Bonchev–Trinajstić information content (AvgIpc) is 2.83. The number of rotatable bonds is 4. The number of carbonyl (C=O) groups is 1. The molecular weight excluding hydrogens is 294 g/mol. The SMILES string of the molecule is CCN(c1cc(Br)ccc1C(N)=O)C1CCNC1. The lowest BCUT2D eigenvalue weighted by atomic mass is 10.1. The predicted octanol–water partition coefficient (Wildman–Crippen LogP) is 1.74. The molecule has 1 amide bonds. The number of benzene rings is 1. The molecule has 0 radical (unpaired) electrons. The van der Waals surface area contributed by atoms with Crippen LogP contribution in [0, 0.1) is 0 Å². The van der Waals surface area contributed by atoms with E-state index in [1.54, 1.807) is 6.07 Å². The topological polar surface area (TPSA) is 58.4 Å². The van der Waals surface area contributed by atoms with Crippen molar-refractivity contribution in [2.75, 3.05) is 24.5 Å². The molecule has 3 N–H and O–H groups in total. The zero-order valence-electron chi connectivity index (χ0n) is 10.4. The molecule has 1 fully saturated rings. The molecular formula is C13H18BrN3O. The van der Waals surface area contributed by atoms with Gasteiger partial charge in [-0.25, -0.2) is 0 Å². The zero-order valence-corrected chi connectivity index (χ0v) is 12.0. The third kappa shape index (κ3) is 2.67. The first kappa shape index (κ1) is 13.4. The van der Waals surface area contributed by atoms with Gasteiger partial charge in [-0.1, -0.05) is 15.9 Å². The molecule has 5 heteroatoms. The Kier molecular flexibility index (Phi) is 4.24. The van der Waals surface area contributed by atoms with Gasteiger partial charge in [0, 0.05) is 23.6 Å². The van der Waals surface area contributed by atoms with Gasteiger partial charge in [-0.15, -0.1) is 0 Å². The van der Waals surface area contributed by atoms with Crippen molar-refractivity contribution in [3.63, 3.8) is 0 Å². The minimum Gasteiger partial charge on any atom is -0.367 e. The number of nitrogens with one attached hydrogen (secondary N) is 1. The molecule has 2 rings (SSSR count). The highest BCUT2D eigenvalue weighted by molar-refractivity contribution is 9.10. The summed E-state index contributed by atoms with van der Waals surface area (Å²) in [5.74, 6) is -0.373. The summed E-state index contributed by atoms with van der Waals surface area (Å²) >= 11 is 3.46. The number of amides is 1. The summed E-state index contributed by atoms with van der Waals surface area (Å²) in [5.41, 5.74) is 6.97. The van der Waals surface area contributed by atoms with E-state index in [-0.39, 0.29) is 5.91 Å². The van der Waals surface area contributed by atoms with E-state index in [4.69, 9.17) is 5.73 Å². The zero-order chi connectivity index (χ0) is 13.1. The fourth-order valence-corrected chi connectivity index (χ4v) is 2.83. The number of nitrogens with zero attached hydrogens (tertiary/aromatic N) is 1. The highest BCUT2D eigenvalue weighted by Crippen LogP contribution is 2.27. The van der Waals surface area contributed by atoms with Crippen molar-refractivity contribution in [2.45, 2.75) is 19.4 Å². The lowest BCUT2D eigenvalue weighted by molar-refractivity contribution is 0.100. The molecule has 1 aromatic rings. The Hall–Kier alpha value is -1.07. The summed E-state index contributed by atoms with van der Waals surface area (Å²) in [7, 11) is 0. The van der Waals surface area contributed by atoms with Crippen LogP contribution in [-0.2, 0) is 0 Å². The summed E-state index contributed by atoms with van der Waals surface area (Å²) in [6.07, 6.45) is 1.10. The van der Waals surface area contributed by atoms with Crippen LogP contribution < -0.4 is 16.0 Å². The molecule has 0 aliphatic carbocycles. The van der Waals surface area contributed by atoms with E-state index in [0.717, 1.165) is 36.2 Å². The van der Waals surface area contributed by atoms with Crippen molar-refractivity contribution in [3.05, 3.63) is 28.2 Å². The lowest BCUT2D eigenvalue weighted by Crippen LogP contribution is -2.38. The van der Waals surface area contributed by atoms with Gasteiger partial charge in [0.15, 0.2) is 0 Å². The third-order valence-electron chi connectivity index (χ3n) is 3.35. The highest BCUT2D eigenvalue weighted by atomic mass is 79.9. The Morgan fingerprint density at radius 1 is 1.61 bits per heavy atom. The maximum absolute atomic E-state index is 11.5. The molecule has 0 bridgehead atoms. The van der Waals surface area contributed by atoms with E-state index in [1.807, 2.05) is 12.1 Å². The van der Waals surface area contributed by atoms with Crippen LogP contribution in [-0.4, -0.2) is 31.6 Å². The Morgan fingerprint density at radius 2 is 2.39 bits per heavy atom. The molecule has 1 atom stereocenters. The van der Waals surface area contributed by atoms with E-state index in [2.05, 4.69) is 33.1 Å².